The second-order valence-electron chi connectivity index (χ2n) is 11.4. The second-order valence-corrected chi connectivity index (χ2v) is 13.3. The minimum Gasteiger partial charge on any atom is -0.493 e. The molecule has 1 atom stereocenters. The lowest BCUT2D eigenvalue weighted by atomic mass is 9.95. The minimum absolute atomic E-state index is 0.0750. The van der Waals surface area contributed by atoms with Crippen molar-refractivity contribution in [2.24, 2.45) is 4.99 Å². The van der Waals surface area contributed by atoms with Crippen molar-refractivity contribution < 1.29 is 38.3 Å². The molecule has 0 radical (unpaired) electrons. The predicted molar refractivity (Wildman–Crippen MR) is 194 cm³/mol. The summed E-state index contributed by atoms with van der Waals surface area (Å²) in [7, 11) is 1.50. The van der Waals surface area contributed by atoms with Crippen molar-refractivity contribution in [3.8, 4) is 28.7 Å². The number of ether oxygens (including phenoxy) is 5. The molecule has 1 aliphatic rings. The van der Waals surface area contributed by atoms with Gasteiger partial charge in [0, 0.05) is 6.07 Å². The average molecular weight is 798 g/mol. The first-order chi connectivity index (χ1) is 24.8. The van der Waals surface area contributed by atoms with Crippen LogP contribution in [0.25, 0.3) is 6.08 Å². The Bertz CT molecular complexity index is 2300. The Kier molecular flexibility index (Phi) is 11.4. The number of fused-ring (bicyclic) bond motifs is 1. The summed E-state index contributed by atoms with van der Waals surface area (Å²) in [4.78, 5) is 54.0. The highest BCUT2D eigenvalue weighted by Gasteiger charge is 2.34. The number of allylic oxidation sites excluding steroid dienone is 1. The first kappa shape index (κ1) is 37.7. The van der Waals surface area contributed by atoms with E-state index in [1.807, 2.05) is 13.8 Å². The van der Waals surface area contributed by atoms with Crippen molar-refractivity contribution in [2.45, 2.75) is 46.8 Å². The van der Waals surface area contributed by atoms with Gasteiger partial charge >= 0.3 is 11.7 Å². The fourth-order valence-electron chi connectivity index (χ4n) is 5.46. The molecule has 1 aliphatic heterocycles. The molecular formula is C35H33BrN4O11S. The van der Waals surface area contributed by atoms with Gasteiger partial charge in [-0.25, -0.2) is 9.79 Å². The molecule has 0 aliphatic carbocycles. The number of nitro groups is 2. The summed E-state index contributed by atoms with van der Waals surface area (Å²) in [5.74, 6) is 0.313. The van der Waals surface area contributed by atoms with Crippen LogP contribution in [0.1, 0.15) is 51.8 Å². The molecule has 15 nitrogen and oxygen atoms in total. The van der Waals surface area contributed by atoms with Crippen LogP contribution in [0, 0.1) is 20.2 Å². The maximum Gasteiger partial charge on any atom is 0.338 e. The van der Waals surface area contributed by atoms with Gasteiger partial charge in [0.15, 0.2) is 27.8 Å². The van der Waals surface area contributed by atoms with E-state index in [2.05, 4.69) is 20.9 Å². The van der Waals surface area contributed by atoms with Crippen LogP contribution in [-0.2, 0) is 9.53 Å². The average Bonchev–Trinajstić information content (AvgIpc) is 3.39. The summed E-state index contributed by atoms with van der Waals surface area (Å²) in [6, 6.07) is 10.6. The fourth-order valence-corrected chi connectivity index (χ4v) is 7.04. The van der Waals surface area contributed by atoms with Gasteiger partial charge in [0.1, 0.15) is 0 Å². The number of non-ortho nitro benzene ring substituents is 1. The molecule has 4 aromatic rings. The number of thiazole rings is 1. The highest BCUT2D eigenvalue weighted by Crippen LogP contribution is 2.43. The van der Waals surface area contributed by atoms with Crippen molar-refractivity contribution in [3.05, 3.63) is 115 Å². The molecule has 17 heteroatoms. The number of rotatable bonds is 13. The van der Waals surface area contributed by atoms with Crippen LogP contribution >= 0.6 is 27.3 Å². The van der Waals surface area contributed by atoms with Crippen LogP contribution in [0.15, 0.2) is 74.1 Å². The lowest BCUT2D eigenvalue weighted by molar-refractivity contribution is -0.394. The largest absolute Gasteiger partial charge is 0.493 e. The number of nitrogens with zero attached hydrogens (tertiary/aromatic N) is 4. The first-order valence-electron chi connectivity index (χ1n) is 15.9. The van der Waals surface area contributed by atoms with Gasteiger partial charge in [-0.1, -0.05) is 17.4 Å². The fraction of sp³-hybridized carbons (Fsp3) is 0.286. The molecule has 0 N–H and O–H groups in total. The number of aromatic nitrogens is 1. The lowest BCUT2D eigenvalue weighted by Crippen LogP contribution is -2.40. The van der Waals surface area contributed by atoms with Gasteiger partial charge in [-0.2, -0.15) is 0 Å². The van der Waals surface area contributed by atoms with Crippen molar-refractivity contribution in [1.29, 1.82) is 0 Å². The predicted octanol–water partition coefficient (Wildman–Crippen LogP) is 6.36. The highest BCUT2D eigenvalue weighted by atomic mass is 79.9. The second kappa shape index (κ2) is 15.8. The third-order valence-corrected chi connectivity index (χ3v) is 9.15. The molecule has 0 saturated carbocycles. The summed E-state index contributed by atoms with van der Waals surface area (Å²) < 4.78 is 30.7. The molecule has 2 heterocycles. The van der Waals surface area contributed by atoms with Gasteiger partial charge < -0.3 is 23.7 Å². The Balaban J connectivity index is 1.64. The first-order valence-corrected chi connectivity index (χ1v) is 17.5. The van der Waals surface area contributed by atoms with Crippen LogP contribution in [0.3, 0.4) is 0 Å². The zero-order chi connectivity index (χ0) is 37.9. The molecule has 0 bridgehead atoms. The SMILES string of the molecule is CCOC(=O)C1=C(C)N=c2s/c(=C/c3cc(Br)c(Oc4ccc([N+](=O)[O-])cc4[N+](=O)[O-])c(OCC)c3)c(=O)n2[C@@H]1c1ccc(OC(C)C)c(OC)c1. The number of carbonyl (C=O) groups is 1. The summed E-state index contributed by atoms with van der Waals surface area (Å²) in [6.45, 7) is 9.19. The zero-order valence-electron chi connectivity index (χ0n) is 28.8. The highest BCUT2D eigenvalue weighted by molar-refractivity contribution is 9.10. The monoisotopic (exact) mass is 796 g/mol. The maximum absolute atomic E-state index is 14.3. The van der Waals surface area contributed by atoms with E-state index >= 15 is 0 Å². The minimum atomic E-state index is -0.904. The van der Waals surface area contributed by atoms with Gasteiger partial charge in [-0.05, 0) is 98.1 Å². The van der Waals surface area contributed by atoms with E-state index < -0.39 is 38.8 Å². The Morgan fingerprint density at radius 1 is 1.02 bits per heavy atom. The van der Waals surface area contributed by atoms with E-state index in [1.165, 1.54) is 11.7 Å². The van der Waals surface area contributed by atoms with Crippen molar-refractivity contribution >= 4 is 50.7 Å². The van der Waals surface area contributed by atoms with Crippen molar-refractivity contribution in [1.82, 2.24) is 4.57 Å². The normalized spacial score (nSPS) is 14.1. The molecule has 0 saturated heterocycles. The third-order valence-electron chi connectivity index (χ3n) is 7.57. The number of nitro benzene ring substituents is 2. The van der Waals surface area contributed by atoms with Gasteiger partial charge in [-0.15, -0.1) is 0 Å². The van der Waals surface area contributed by atoms with Gasteiger partial charge in [0.05, 0.1) is 68.7 Å². The number of hydrogen-bond acceptors (Lipinski definition) is 13. The molecule has 5 rings (SSSR count). The van der Waals surface area contributed by atoms with Crippen LogP contribution in [-0.4, -0.2) is 46.8 Å². The molecule has 0 fully saturated rings. The maximum atomic E-state index is 14.3. The summed E-state index contributed by atoms with van der Waals surface area (Å²) in [6.07, 6.45) is 1.50. The molecule has 272 valence electrons. The quantitative estimate of drug-likeness (QED) is 0.0833. The van der Waals surface area contributed by atoms with E-state index in [0.717, 1.165) is 29.5 Å². The number of hydrogen-bond donors (Lipinski definition) is 0. The Labute approximate surface area is 308 Å². The third kappa shape index (κ3) is 7.69. The van der Waals surface area contributed by atoms with Crippen LogP contribution in [0.4, 0.5) is 11.4 Å². The van der Waals surface area contributed by atoms with Crippen LogP contribution < -0.4 is 33.8 Å². The number of carbonyl (C=O) groups excluding carboxylic acids is 1. The van der Waals surface area contributed by atoms with Crippen LogP contribution in [0.2, 0.25) is 0 Å². The van der Waals surface area contributed by atoms with Gasteiger partial charge in [-0.3, -0.25) is 29.6 Å². The molecule has 3 aromatic carbocycles. The summed E-state index contributed by atoms with van der Waals surface area (Å²) >= 11 is 4.57. The molecule has 0 unspecified atom stereocenters. The van der Waals surface area contributed by atoms with Gasteiger partial charge in [0.25, 0.3) is 11.2 Å². The molecular weight excluding hydrogens is 764 g/mol. The zero-order valence-corrected chi connectivity index (χ0v) is 31.2. The molecule has 1 aromatic heterocycles. The number of methoxy groups -OCH3 is 1. The molecule has 0 spiro atoms. The Hall–Kier alpha value is -5.55. The summed E-state index contributed by atoms with van der Waals surface area (Å²) in [5, 5.41) is 23.0. The topological polar surface area (TPSA) is 184 Å². The summed E-state index contributed by atoms with van der Waals surface area (Å²) in [5.41, 5.74) is 0.149. The molecule has 0 amide bonds. The smallest absolute Gasteiger partial charge is 0.338 e. The van der Waals surface area contributed by atoms with E-state index in [9.17, 15) is 29.8 Å². The standard InChI is InChI=1S/C35H33BrN4O11S/c1-7-48-28-14-20(13-23(36)32(28)51-25-12-10-22(39(43)44)17-24(25)40(45)46)15-29-33(41)38-31(21-9-11-26(50-18(3)4)27(16-21)47-6)30(34(42)49-8-2)19(5)37-35(38)52-29/h9-18,31H,7-8H2,1-6H3/b29-15+/t31-/m1/s1. The van der Waals surface area contributed by atoms with Crippen molar-refractivity contribution in [2.75, 3.05) is 20.3 Å². The number of benzene rings is 3. The number of halogens is 1. The molecule has 52 heavy (non-hydrogen) atoms. The Morgan fingerprint density at radius 3 is 2.38 bits per heavy atom. The Morgan fingerprint density at radius 2 is 1.75 bits per heavy atom. The van der Waals surface area contributed by atoms with Crippen molar-refractivity contribution in [3.63, 3.8) is 0 Å². The lowest BCUT2D eigenvalue weighted by Gasteiger charge is -2.25. The van der Waals surface area contributed by atoms with E-state index in [1.54, 1.807) is 57.2 Å². The van der Waals surface area contributed by atoms with Gasteiger partial charge in [0.2, 0.25) is 5.75 Å². The van der Waals surface area contributed by atoms with E-state index in [4.69, 9.17) is 23.7 Å². The van der Waals surface area contributed by atoms with E-state index in [0.29, 0.717) is 37.6 Å². The number of esters is 1. The van der Waals surface area contributed by atoms with Crippen LogP contribution in [0.5, 0.6) is 28.7 Å². The van der Waals surface area contributed by atoms with E-state index in [-0.39, 0.29) is 46.7 Å².